The lowest BCUT2D eigenvalue weighted by Crippen LogP contribution is -2.09. The molecule has 0 saturated carbocycles. The van der Waals surface area contributed by atoms with Crippen LogP contribution in [0.4, 0.5) is 11.4 Å². The molecule has 0 aliphatic heterocycles. The number of benzene rings is 2. The summed E-state index contributed by atoms with van der Waals surface area (Å²) in [4.78, 5) is 14.3. The number of rotatable bonds is 1. The summed E-state index contributed by atoms with van der Waals surface area (Å²) in [5, 5.41) is 1.14. The maximum atomic E-state index is 12.4. The van der Waals surface area contributed by atoms with Gasteiger partial charge >= 0.3 is 0 Å². The van der Waals surface area contributed by atoms with Gasteiger partial charge in [0.2, 0.25) is 5.43 Å². The van der Waals surface area contributed by atoms with Crippen LogP contribution in [-0.4, -0.2) is 22.5 Å². The topological polar surface area (TPSA) is 59.5 Å². The zero-order chi connectivity index (χ0) is 13.6. The van der Waals surface area contributed by atoms with Crippen molar-refractivity contribution in [2.75, 3.05) is 24.7 Å². The second kappa shape index (κ2) is 4.92. The molecule has 3 rings (SSSR count). The van der Waals surface area contributed by atoms with Crippen LogP contribution in [0.2, 0.25) is 0 Å². The fourth-order valence-corrected chi connectivity index (χ4v) is 2.14. The van der Waals surface area contributed by atoms with Crippen molar-refractivity contribution in [1.82, 2.24) is 0 Å². The molecule has 1 aromatic heterocycles. The quantitative estimate of drug-likeness (QED) is 0.416. The predicted octanol–water partition coefficient (Wildman–Crippen LogP) is 2.21. The fraction of sp³-hybridized carbons (Fsp3) is 0.133. The van der Waals surface area contributed by atoms with E-state index in [0.29, 0.717) is 27.6 Å². The summed E-state index contributed by atoms with van der Waals surface area (Å²) in [6.07, 6.45) is 0. The lowest BCUT2D eigenvalue weighted by Gasteiger charge is -2.12. The van der Waals surface area contributed by atoms with Crippen molar-refractivity contribution >= 4 is 41.7 Å². The molecule has 0 saturated heterocycles. The second-order valence-electron chi connectivity index (χ2n) is 4.76. The van der Waals surface area contributed by atoms with Crippen LogP contribution in [0.1, 0.15) is 0 Å². The molecule has 2 aromatic carbocycles. The first kappa shape index (κ1) is 14.0. The molecule has 20 heavy (non-hydrogen) atoms. The highest BCUT2D eigenvalue weighted by atomic mass is 16.3. The predicted molar refractivity (Wildman–Crippen MR) is 84.5 cm³/mol. The summed E-state index contributed by atoms with van der Waals surface area (Å²) < 4.78 is 5.79. The average molecular weight is 265 g/mol. The highest BCUT2D eigenvalue weighted by Crippen LogP contribution is 2.23. The lowest BCUT2D eigenvalue weighted by molar-refractivity contribution is 0.660. The Bertz CT molecular complexity index is 840. The van der Waals surface area contributed by atoms with E-state index in [0.717, 1.165) is 5.69 Å². The first-order valence-electron chi connectivity index (χ1n) is 6.00. The summed E-state index contributed by atoms with van der Waals surface area (Å²) in [7, 11) is 3.89. The van der Waals surface area contributed by atoms with Crippen molar-refractivity contribution in [3.63, 3.8) is 0 Å². The summed E-state index contributed by atoms with van der Waals surface area (Å²) in [6, 6.07) is 10.7. The average Bonchev–Trinajstić information content (AvgIpc) is 2.37. The van der Waals surface area contributed by atoms with Gasteiger partial charge in [0.25, 0.3) is 0 Å². The molecular formula is C15H14BN2O2. The minimum Gasteiger partial charge on any atom is -0.456 e. The number of nitrogens with two attached hydrogens (primary N) is 1. The molecule has 0 aliphatic rings. The summed E-state index contributed by atoms with van der Waals surface area (Å²) in [6.45, 7) is 0. The number of hydrogen-bond donors (Lipinski definition) is 1. The molecule has 1 heterocycles. The lowest BCUT2D eigenvalue weighted by atomic mass is 10.1. The monoisotopic (exact) mass is 265 g/mol. The highest BCUT2D eigenvalue weighted by Gasteiger charge is 2.09. The second-order valence-corrected chi connectivity index (χ2v) is 4.76. The third kappa shape index (κ3) is 2.11. The van der Waals surface area contributed by atoms with Crippen LogP contribution in [0.5, 0.6) is 0 Å². The van der Waals surface area contributed by atoms with Gasteiger partial charge in [0.1, 0.15) is 11.2 Å². The van der Waals surface area contributed by atoms with Crippen molar-refractivity contribution in [3.8, 4) is 0 Å². The fourth-order valence-electron chi connectivity index (χ4n) is 2.14. The maximum Gasteiger partial charge on any atom is 0.200 e. The van der Waals surface area contributed by atoms with E-state index in [1.807, 2.05) is 31.1 Å². The Balaban J connectivity index is 0.00000147. The van der Waals surface area contributed by atoms with Gasteiger partial charge in [-0.15, -0.1) is 0 Å². The smallest absolute Gasteiger partial charge is 0.200 e. The van der Waals surface area contributed by atoms with E-state index in [-0.39, 0.29) is 13.8 Å². The van der Waals surface area contributed by atoms with Crippen LogP contribution in [0, 0.1) is 0 Å². The Labute approximate surface area is 118 Å². The molecule has 0 amide bonds. The number of fused-ring (bicyclic) bond motifs is 2. The third-order valence-corrected chi connectivity index (χ3v) is 3.20. The maximum absolute atomic E-state index is 12.4. The Hall–Kier alpha value is -2.43. The standard InChI is InChI=1S/C15H14N2O2.B/c1-17(2)10-4-6-12-14(8-10)19-13-7-9(16)3-5-11(13)15(12)18;/h3-8H,16H2,1-2H3;. The van der Waals surface area contributed by atoms with Gasteiger partial charge in [0, 0.05) is 46.0 Å². The van der Waals surface area contributed by atoms with Crippen LogP contribution >= 0.6 is 0 Å². The minimum absolute atomic E-state index is 0. The van der Waals surface area contributed by atoms with E-state index < -0.39 is 0 Å². The molecule has 0 atom stereocenters. The van der Waals surface area contributed by atoms with Crippen molar-refractivity contribution in [1.29, 1.82) is 0 Å². The number of nitrogens with zero attached hydrogens (tertiary/aromatic N) is 1. The van der Waals surface area contributed by atoms with E-state index in [9.17, 15) is 4.79 Å². The molecule has 99 valence electrons. The molecule has 5 heteroatoms. The van der Waals surface area contributed by atoms with E-state index >= 15 is 0 Å². The number of nitrogen functional groups attached to an aromatic ring is 1. The van der Waals surface area contributed by atoms with Gasteiger partial charge in [0.15, 0.2) is 0 Å². The SMILES string of the molecule is CN(C)c1ccc2c(=O)c3ccc(N)cc3oc2c1.[B]. The van der Waals surface area contributed by atoms with Gasteiger partial charge < -0.3 is 15.1 Å². The highest BCUT2D eigenvalue weighted by molar-refractivity contribution is 5.92. The molecule has 0 spiro atoms. The van der Waals surface area contributed by atoms with Crippen molar-refractivity contribution < 1.29 is 4.42 Å². The molecule has 0 fully saturated rings. The number of hydrogen-bond acceptors (Lipinski definition) is 4. The Morgan fingerprint density at radius 2 is 1.60 bits per heavy atom. The van der Waals surface area contributed by atoms with Crippen LogP contribution < -0.4 is 16.1 Å². The summed E-state index contributed by atoms with van der Waals surface area (Å²) in [5.41, 5.74) is 8.37. The van der Waals surface area contributed by atoms with Gasteiger partial charge in [-0.25, -0.2) is 0 Å². The first-order chi connectivity index (χ1) is 9.06. The van der Waals surface area contributed by atoms with Gasteiger partial charge in [-0.2, -0.15) is 0 Å². The van der Waals surface area contributed by atoms with E-state index in [1.54, 1.807) is 24.3 Å². The van der Waals surface area contributed by atoms with Crippen molar-refractivity contribution in [3.05, 3.63) is 46.6 Å². The third-order valence-electron chi connectivity index (χ3n) is 3.20. The zero-order valence-corrected chi connectivity index (χ0v) is 11.4. The largest absolute Gasteiger partial charge is 0.456 e. The molecule has 3 radical (unpaired) electrons. The molecular weight excluding hydrogens is 251 g/mol. The van der Waals surface area contributed by atoms with E-state index in [1.165, 1.54) is 0 Å². The van der Waals surface area contributed by atoms with Gasteiger partial charge in [-0.05, 0) is 24.3 Å². The van der Waals surface area contributed by atoms with Crippen molar-refractivity contribution in [2.45, 2.75) is 0 Å². The van der Waals surface area contributed by atoms with Gasteiger partial charge in [-0.1, -0.05) is 0 Å². The van der Waals surface area contributed by atoms with Crippen LogP contribution in [0.15, 0.2) is 45.6 Å². The van der Waals surface area contributed by atoms with Crippen LogP contribution in [0.25, 0.3) is 21.9 Å². The normalized spacial score (nSPS) is 10.5. The van der Waals surface area contributed by atoms with Crippen LogP contribution in [-0.2, 0) is 0 Å². The molecule has 3 aromatic rings. The van der Waals surface area contributed by atoms with Crippen molar-refractivity contribution in [2.24, 2.45) is 0 Å². The minimum atomic E-state index is -0.0263. The van der Waals surface area contributed by atoms with E-state index in [2.05, 4.69) is 0 Å². The van der Waals surface area contributed by atoms with Gasteiger partial charge in [-0.3, -0.25) is 4.79 Å². The van der Waals surface area contributed by atoms with E-state index in [4.69, 9.17) is 10.2 Å². The Morgan fingerprint density at radius 3 is 2.25 bits per heavy atom. The Kier molecular flexibility index (Phi) is 3.45. The molecule has 0 bridgehead atoms. The Morgan fingerprint density at radius 1 is 1.00 bits per heavy atom. The summed E-state index contributed by atoms with van der Waals surface area (Å²) >= 11 is 0. The molecule has 0 unspecified atom stereocenters. The van der Waals surface area contributed by atoms with Gasteiger partial charge in [0.05, 0.1) is 10.8 Å². The molecule has 4 nitrogen and oxygen atoms in total. The number of anilines is 2. The first-order valence-corrected chi connectivity index (χ1v) is 6.00. The summed E-state index contributed by atoms with van der Waals surface area (Å²) in [5.74, 6) is 0. The zero-order valence-electron chi connectivity index (χ0n) is 11.4. The van der Waals surface area contributed by atoms with Crippen LogP contribution in [0.3, 0.4) is 0 Å². The molecule has 0 aliphatic carbocycles. The molecule has 2 N–H and O–H groups in total.